The Morgan fingerprint density at radius 3 is 2.81 bits per heavy atom. The second-order valence-corrected chi connectivity index (χ2v) is 7.25. The number of ether oxygens (including phenoxy) is 1. The predicted octanol–water partition coefficient (Wildman–Crippen LogP) is 4.76. The van der Waals surface area contributed by atoms with Gasteiger partial charge in [-0.25, -0.2) is 13.8 Å². The highest BCUT2D eigenvalue weighted by Crippen LogP contribution is 2.26. The van der Waals surface area contributed by atoms with E-state index in [2.05, 4.69) is 20.2 Å². The number of hydrazone groups is 1. The minimum atomic E-state index is -0.934. The van der Waals surface area contributed by atoms with Gasteiger partial charge in [0.25, 0.3) is 0 Å². The van der Waals surface area contributed by atoms with Crippen LogP contribution >= 0.6 is 0 Å². The molecule has 0 spiro atoms. The summed E-state index contributed by atoms with van der Waals surface area (Å²) < 4.78 is 38.6. The zero-order valence-electron chi connectivity index (χ0n) is 17.2. The molecule has 0 radical (unpaired) electrons. The lowest BCUT2D eigenvalue weighted by atomic mass is 10.1. The molecule has 2 aromatic carbocycles. The number of hydrogen-bond acceptors (Lipinski definition) is 6. The van der Waals surface area contributed by atoms with Crippen molar-refractivity contribution in [2.75, 3.05) is 6.61 Å². The molecule has 0 unspecified atom stereocenters. The lowest BCUT2D eigenvalue weighted by Gasteiger charge is -2.19. The summed E-state index contributed by atoms with van der Waals surface area (Å²) in [5, 5.41) is 10.3. The van der Waals surface area contributed by atoms with Crippen LogP contribution < -0.4 is 4.74 Å². The number of nitrogens with zero attached hydrogens (tertiary/aromatic N) is 4. The Hall–Kier alpha value is -4.01. The van der Waals surface area contributed by atoms with Crippen molar-refractivity contribution in [1.29, 1.82) is 0 Å². The molecule has 1 aliphatic rings. The Kier molecular flexibility index (Phi) is 5.14. The zero-order chi connectivity index (χ0) is 22.1. The number of fused-ring (bicyclic) bond motifs is 1. The van der Waals surface area contributed by atoms with Crippen molar-refractivity contribution in [3.8, 4) is 28.4 Å². The van der Waals surface area contributed by atoms with Crippen LogP contribution in [0.4, 0.5) is 8.78 Å². The Morgan fingerprint density at radius 2 is 2.00 bits per heavy atom. The Balaban J connectivity index is 1.29. The molecule has 32 heavy (non-hydrogen) atoms. The SMILES string of the molecule is CCOc1ccc(-c2cc(CN3Cc4[nH]c(-c5cccc(F)c5F)nc4C=N3)on2)cc1. The Bertz CT molecular complexity index is 1280. The topological polar surface area (TPSA) is 79.5 Å². The van der Waals surface area contributed by atoms with Crippen LogP contribution in [0, 0.1) is 11.6 Å². The van der Waals surface area contributed by atoms with E-state index in [0.717, 1.165) is 28.8 Å². The minimum absolute atomic E-state index is 0.0783. The maximum Gasteiger partial charge on any atom is 0.169 e. The number of aromatic amines is 1. The van der Waals surface area contributed by atoms with Crippen LogP contribution in [0.5, 0.6) is 5.75 Å². The molecule has 0 aliphatic carbocycles. The monoisotopic (exact) mass is 435 g/mol. The van der Waals surface area contributed by atoms with Crippen LogP contribution in [0.1, 0.15) is 24.1 Å². The Labute approximate surface area is 182 Å². The van der Waals surface area contributed by atoms with Crippen molar-refractivity contribution in [2.45, 2.75) is 20.0 Å². The fraction of sp³-hybridized carbons (Fsp3) is 0.174. The number of rotatable bonds is 6. The van der Waals surface area contributed by atoms with E-state index in [1.807, 2.05) is 37.3 Å². The molecular weight excluding hydrogens is 416 g/mol. The van der Waals surface area contributed by atoms with Crippen LogP contribution in [0.15, 0.2) is 58.2 Å². The van der Waals surface area contributed by atoms with Crippen molar-refractivity contribution >= 4 is 6.21 Å². The minimum Gasteiger partial charge on any atom is -0.494 e. The van der Waals surface area contributed by atoms with Gasteiger partial charge in [-0.15, -0.1) is 0 Å². The largest absolute Gasteiger partial charge is 0.494 e. The molecule has 9 heteroatoms. The summed E-state index contributed by atoms with van der Waals surface area (Å²) in [6, 6.07) is 13.5. The summed E-state index contributed by atoms with van der Waals surface area (Å²) in [5.74, 6) is -0.143. The highest BCUT2D eigenvalue weighted by Gasteiger charge is 2.21. The number of nitrogens with one attached hydrogen (secondary N) is 1. The molecule has 162 valence electrons. The summed E-state index contributed by atoms with van der Waals surface area (Å²) in [5.41, 5.74) is 3.06. The molecule has 0 atom stereocenters. The van der Waals surface area contributed by atoms with E-state index >= 15 is 0 Å². The van der Waals surface area contributed by atoms with Crippen LogP contribution in [-0.4, -0.2) is 33.0 Å². The third-order valence-electron chi connectivity index (χ3n) is 5.06. The van der Waals surface area contributed by atoms with Crippen molar-refractivity contribution in [1.82, 2.24) is 20.1 Å². The molecule has 7 nitrogen and oxygen atoms in total. The lowest BCUT2D eigenvalue weighted by Crippen LogP contribution is -2.21. The van der Waals surface area contributed by atoms with E-state index in [0.29, 0.717) is 31.2 Å². The van der Waals surface area contributed by atoms with Crippen molar-refractivity contribution in [3.05, 3.63) is 77.3 Å². The van der Waals surface area contributed by atoms with E-state index in [4.69, 9.17) is 9.26 Å². The van der Waals surface area contributed by atoms with Gasteiger partial charge in [-0.1, -0.05) is 11.2 Å². The fourth-order valence-electron chi connectivity index (χ4n) is 3.51. The summed E-state index contributed by atoms with van der Waals surface area (Å²) in [7, 11) is 0. The first kappa shape index (κ1) is 19.9. The van der Waals surface area contributed by atoms with Crippen molar-refractivity contribution in [2.24, 2.45) is 5.10 Å². The number of benzene rings is 2. The van der Waals surface area contributed by atoms with Gasteiger partial charge in [-0.2, -0.15) is 5.10 Å². The summed E-state index contributed by atoms with van der Waals surface area (Å²) in [6.45, 7) is 3.35. The molecule has 0 fully saturated rings. The van der Waals surface area contributed by atoms with E-state index in [-0.39, 0.29) is 11.4 Å². The molecule has 0 saturated carbocycles. The smallest absolute Gasteiger partial charge is 0.169 e. The van der Waals surface area contributed by atoms with E-state index in [1.165, 1.54) is 12.1 Å². The van der Waals surface area contributed by atoms with Crippen LogP contribution in [0.3, 0.4) is 0 Å². The van der Waals surface area contributed by atoms with Gasteiger partial charge in [0.1, 0.15) is 23.0 Å². The third-order valence-corrected chi connectivity index (χ3v) is 5.06. The number of halogens is 2. The maximum absolute atomic E-state index is 14.1. The first-order chi connectivity index (χ1) is 15.6. The molecule has 0 amide bonds. The normalized spacial score (nSPS) is 12.8. The van der Waals surface area contributed by atoms with E-state index < -0.39 is 11.6 Å². The average Bonchev–Trinajstić information content (AvgIpc) is 3.43. The number of imidazole rings is 1. The highest BCUT2D eigenvalue weighted by molar-refractivity contribution is 5.80. The van der Waals surface area contributed by atoms with Gasteiger partial charge in [0.15, 0.2) is 17.4 Å². The van der Waals surface area contributed by atoms with Crippen LogP contribution in [-0.2, 0) is 13.1 Å². The second kappa shape index (κ2) is 8.26. The van der Waals surface area contributed by atoms with Crippen LogP contribution in [0.2, 0.25) is 0 Å². The van der Waals surface area contributed by atoms with Gasteiger partial charge < -0.3 is 14.2 Å². The zero-order valence-corrected chi connectivity index (χ0v) is 17.2. The van der Waals surface area contributed by atoms with Crippen molar-refractivity contribution in [3.63, 3.8) is 0 Å². The van der Waals surface area contributed by atoms with Gasteiger partial charge >= 0.3 is 0 Å². The van der Waals surface area contributed by atoms with E-state index in [1.54, 1.807) is 11.2 Å². The van der Waals surface area contributed by atoms with E-state index in [9.17, 15) is 8.78 Å². The quantitative estimate of drug-likeness (QED) is 0.473. The van der Waals surface area contributed by atoms with Gasteiger partial charge in [0, 0.05) is 11.6 Å². The summed E-state index contributed by atoms with van der Waals surface area (Å²) >= 11 is 0. The highest BCUT2D eigenvalue weighted by atomic mass is 19.2. The fourth-order valence-corrected chi connectivity index (χ4v) is 3.51. The molecule has 1 N–H and O–H groups in total. The molecule has 3 heterocycles. The molecule has 1 aliphatic heterocycles. The second-order valence-electron chi connectivity index (χ2n) is 7.25. The van der Waals surface area contributed by atoms with Gasteiger partial charge in [-0.05, 0) is 43.3 Å². The van der Waals surface area contributed by atoms with Gasteiger partial charge in [-0.3, -0.25) is 5.01 Å². The van der Waals surface area contributed by atoms with Gasteiger partial charge in [0.2, 0.25) is 0 Å². The van der Waals surface area contributed by atoms with Crippen molar-refractivity contribution < 1.29 is 18.0 Å². The first-order valence-corrected chi connectivity index (χ1v) is 10.1. The maximum atomic E-state index is 14.1. The first-order valence-electron chi connectivity index (χ1n) is 10.1. The third kappa shape index (κ3) is 3.84. The molecular formula is C23H19F2N5O2. The lowest BCUT2D eigenvalue weighted by molar-refractivity contribution is 0.229. The number of hydrogen-bond donors (Lipinski definition) is 1. The Morgan fingerprint density at radius 1 is 1.16 bits per heavy atom. The average molecular weight is 435 g/mol. The summed E-state index contributed by atoms with van der Waals surface area (Å²) in [4.78, 5) is 7.42. The number of aromatic nitrogens is 3. The number of H-pyrrole nitrogens is 1. The standard InChI is InChI=1S/C23H19F2N5O2/c1-2-31-15-8-6-14(7-9-15)19-10-16(32-29-19)12-30-13-21-20(11-26-30)27-23(28-21)17-4-3-5-18(24)22(17)25/h3-11H,2,12-13H2,1H3,(H,27,28). The predicted molar refractivity (Wildman–Crippen MR) is 114 cm³/mol. The summed E-state index contributed by atoms with van der Waals surface area (Å²) in [6.07, 6.45) is 1.58. The molecule has 4 aromatic rings. The van der Waals surface area contributed by atoms with Crippen LogP contribution in [0.25, 0.3) is 22.6 Å². The molecule has 2 aromatic heterocycles. The molecule has 0 bridgehead atoms. The molecule has 5 rings (SSSR count). The van der Waals surface area contributed by atoms with Gasteiger partial charge in [0.05, 0.1) is 37.2 Å². The molecule has 0 saturated heterocycles.